The molecule has 2 rings (SSSR count). The zero-order valence-corrected chi connectivity index (χ0v) is 12.4. The second-order valence-corrected chi connectivity index (χ2v) is 6.72. The number of rotatable bonds is 4. The van der Waals surface area contributed by atoms with Crippen LogP contribution in [0.2, 0.25) is 5.02 Å². The molecule has 0 amide bonds. The minimum Gasteiger partial charge on any atom is -0.480 e. The third kappa shape index (κ3) is 3.18. The summed E-state index contributed by atoms with van der Waals surface area (Å²) in [6.07, 6.45) is -0.0759. The fraction of sp³-hybridized carbons (Fsp3) is 0.417. The van der Waals surface area contributed by atoms with Crippen molar-refractivity contribution in [2.75, 3.05) is 13.2 Å². The number of carbonyl (C=O) groups is 1. The molecule has 1 saturated heterocycles. The predicted molar refractivity (Wildman–Crippen MR) is 72.2 cm³/mol. The van der Waals surface area contributed by atoms with Gasteiger partial charge in [-0.15, -0.1) is 0 Å². The van der Waals surface area contributed by atoms with Crippen molar-refractivity contribution < 1.29 is 27.4 Å². The van der Waals surface area contributed by atoms with Crippen molar-refractivity contribution in [2.24, 2.45) is 0 Å². The average molecular weight is 338 g/mol. The summed E-state index contributed by atoms with van der Waals surface area (Å²) in [5, 5.41) is 8.97. The van der Waals surface area contributed by atoms with Gasteiger partial charge in [0, 0.05) is 26.1 Å². The first-order valence-corrected chi connectivity index (χ1v) is 7.94. The zero-order valence-electron chi connectivity index (χ0n) is 10.8. The van der Waals surface area contributed by atoms with Gasteiger partial charge in [0.2, 0.25) is 10.0 Å². The quantitative estimate of drug-likeness (QED) is 0.866. The van der Waals surface area contributed by atoms with E-state index in [9.17, 15) is 22.7 Å². The summed E-state index contributed by atoms with van der Waals surface area (Å²) in [7, 11) is -4.36. The van der Waals surface area contributed by atoms with Gasteiger partial charge in [-0.1, -0.05) is 17.7 Å². The Morgan fingerprint density at radius 2 is 2.00 bits per heavy atom. The molecule has 116 valence electrons. The van der Waals surface area contributed by atoms with Gasteiger partial charge in [-0.05, 0) is 12.1 Å². The summed E-state index contributed by atoms with van der Waals surface area (Å²) >= 11 is 5.56. The van der Waals surface area contributed by atoms with E-state index in [1.165, 1.54) is 12.1 Å². The number of sulfonamides is 1. The van der Waals surface area contributed by atoms with E-state index < -0.39 is 32.2 Å². The molecule has 9 heteroatoms. The molecule has 21 heavy (non-hydrogen) atoms. The van der Waals surface area contributed by atoms with E-state index in [0.717, 1.165) is 6.07 Å². The van der Waals surface area contributed by atoms with Crippen LogP contribution in [0.3, 0.4) is 0 Å². The molecule has 0 aromatic heterocycles. The largest absolute Gasteiger partial charge is 0.480 e. The Bertz CT molecular complexity index is 658. The summed E-state index contributed by atoms with van der Waals surface area (Å²) < 4.78 is 45.5. The van der Waals surface area contributed by atoms with Crippen molar-refractivity contribution in [3.8, 4) is 0 Å². The molecule has 1 aromatic rings. The lowest BCUT2D eigenvalue weighted by atomic mass is 9.92. The van der Waals surface area contributed by atoms with E-state index in [4.69, 9.17) is 16.3 Å². The highest BCUT2D eigenvalue weighted by Gasteiger charge is 2.44. The number of nitrogens with one attached hydrogen (secondary N) is 1. The van der Waals surface area contributed by atoms with Crippen LogP contribution in [0.5, 0.6) is 0 Å². The third-order valence-electron chi connectivity index (χ3n) is 3.29. The summed E-state index contributed by atoms with van der Waals surface area (Å²) in [6, 6.07) is 3.51. The fourth-order valence-corrected chi connectivity index (χ4v) is 3.83. The first kappa shape index (κ1) is 16.2. The monoisotopic (exact) mass is 337 g/mol. The lowest BCUT2D eigenvalue weighted by Gasteiger charge is -2.33. The van der Waals surface area contributed by atoms with Gasteiger partial charge in [-0.3, -0.25) is 4.79 Å². The van der Waals surface area contributed by atoms with Crippen molar-refractivity contribution >= 4 is 27.6 Å². The molecule has 1 aliphatic heterocycles. The topological polar surface area (TPSA) is 92.7 Å². The standard InChI is InChI=1S/C12H13ClFNO5S/c13-8-2-1-3-9(10(8)14)21(18,19)15-12(11(16)17)4-6-20-7-5-12/h1-3,15H,4-7H2,(H,16,17). The molecule has 0 unspecified atom stereocenters. The molecule has 0 bridgehead atoms. The number of aliphatic carboxylic acids is 1. The molecule has 1 heterocycles. The Labute approximate surface area is 125 Å². The summed E-state index contributed by atoms with van der Waals surface area (Å²) in [5.41, 5.74) is -1.70. The first-order valence-electron chi connectivity index (χ1n) is 6.08. The van der Waals surface area contributed by atoms with Gasteiger partial charge < -0.3 is 9.84 Å². The Kier molecular flexibility index (Phi) is 4.52. The number of benzene rings is 1. The van der Waals surface area contributed by atoms with E-state index in [2.05, 4.69) is 4.72 Å². The van der Waals surface area contributed by atoms with Gasteiger partial charge in [-0.25, -0.2) is 12.8 Å². The second kappa shape index (κ2) is 5.88. The van der Waals surface area contributed by atoms with Crippen LogP contribution < -0.4 is 4.72 Å². The van der Waals surface area contributed by atoms with Crippen LogP contribution in [0.15, 0.2) is 23.1 Å². The molecule has 6 nitrogen and oxygen atoms in total. The van der Waals surface area contributed by atoms with Crippen LogP contribution in [-0.2, 0) is 19.6 Å². The number of hydrogen-bond donors (Lipinski definition) is 2. The van der Waals surface area contributed by atoms with Crippen molar-refractivity contribution in [1.82, 2.24) is 4.72 Å². The molecule has 0 aliphatic carbocycles. The summed E-state index contributed by atoms with van der Waals surface area (Å²) in [5.74, 6) is -2.43. The van der Waals surface area contributed by atoms with E-state index in [1.807, 2.05) is 0 Å². The molecular weight excluding hydrogens is 325 g/mol. The smallest absolute Gasteiger partial charge is 0.325 e. The highest BCUT2D eigenvalue weighted by atomic mass is 35.5. The van der Waals surface area contributed by atoms with Crippen LogP contribution >= 0.6 is 11.6 Å². The number of carboxylic acid groups (broad SMARTS) is 1. The SMILES string of the molecule is O=C(O)C1(NS(=O)(=O)c2cccc(Cl)c2F)CCOCC1. The molecule has 1 aliphatic rings. The highest BCUT2D eigenvalue weighted by Crippen LogP contribution is 2.27. The molecule has 0 atom stereocenters. The molecular formula is C12H13ClFNO5S. The molecule has 1 fully saturated rings. The van der Waals surface area contributed by atoms with Gasteiger partial charge in [0.1, 0.15) is 10.4 Å². The minimum absolute atomic E-state index is 0.0379. The fourth-order valence-electron chi connectivity index (χ4n) is 2.08. The maximum atomic E-state index is 13.9. The minimum atomic E-state index is -4.36. The van der Waals surface area contributed by atoms with Crippen LogP contribution in [-0.4, -0.2) is 38.2 Å². The van der Waals surface area contributed by atoms with Crippen molar-refractivity contribution in [2.45, 2.75) is 23.3 Å². The Hall–Kier alpha value is -1.22. The van der Waals surface area contributed by atoms with Gasteiger partial charge >= 0.3 is 5.97 Å². The zero-order chi connectivity index (χ0) is 15.7. The Morgan fingerprint density at radius 3 is 2.57 bits per heavy atom. The normalized spacial score (nSPS) is 18.4. The van der Waals surface area contributed by atoms with Gasteiger partial charge in [0.15, 0.2) is 5.82 Å². The molecule has 2 N–H and O–H groups in total. The Morgan fingerprint density at radius 1 is 1.38 bits per heavy atom. The predicted octanol–water partition coefficient (Wildman–Crippen LogP) is 1.39. The van der Waals surface area contributed by atoms with Crippen molar-refractivity contribution in [3.05, 3.63) is 29.0 Å². The van der Waals surface area contributed by atoms with E-state index in [1.54, 1.807) is 0 Å². The van der Waals surface area contributed by atoms with E-state index in [0.29, 0.717) is 0 Å². The second-order valence-electron chi connectivity index (χ2n) is 4.66. The maximum Gasteiger partial charge on any atom is 0.325 e. The van der Waals surface area contributed by atoms with Gasteiger partial charge in [-0.2, -0.15) is 4.72 Å². The molecule has 0 spiro atoms. The molecule has 1 aromatic carbocycles. The van der Waals surface area contributed by atoms with Gasteiger partial charge in [0.05, 0.1) is 5.02 Å². The van der Waals surface area contributed by atoms with Gasteiger partial charge in [0.25, 0.3) is 0 Å². The first-order chi connectivity index (χ1) is 9.78. The van der Waals surface area contributed by atoms with Crippen molar-refractivity contribution in [1.29, 1.82) is 0 Å². The summed E-state index contributed by atoms with van der Waals surface area (Å²) in [4.78, 5) is 10.8. The summed E-state index contributed by atoms with van der Waals surface area (Å²) in [6.45, 7) is 0.208. The maximum absolute atomic E-state index is 13.9. The van der Waals surface area contributed by atoms with Crippen LogP contribution in [0.4, 0.5) is 4.39 Å². The van der Waals surface area contributed by atoms with Crippen LogP contribution in [0.25, 0.3) is 0 Å². The molecule has 0 radical (unpaired) electrons. The Balaban J connectivity index is 2.40. The number of halogens is 2. The number of carboxylic acids is 1. The third-order valence-corrected chi connectivity index (χ3v) is 5.14. The van der Waals surface area contributed by atoms with Crippen molar-refractivity contribution in [3.63, 3.8) is 0 Å². The molecule has 0 saturated carbocycles. The van der Waals surface area contributed by atoms with Crippen LogP contribution in [0, 0.1) is 5.82 Å². The number of ether oxygens (including phenoxy) is 1. The van der Waals surface area contributed by atoms with E-state index >= 15 is 0 Å². The van der Waals surface area contributed by atoms with E-state index in [-0.39, 0.29) is 31.1 Å². The lowest BCUT2D eigenvalue weighted by molar-refractivity contribution is -0.147. The number of hydrogen-bond acceptors (Lipinski definition) is 4. The average Bonchev–Trinajstić information content (AvgIpc) is 2.42. The highest BCUT2D eigenvalue weighted by molar-refractivity contribution is 7.89. The lowest BCUT2D eigenvalue weighted by Crippen LogP contribution is -2.57. The van der Waals surface area contributed by atoms with Crippen LogP contribution in [0.1, 0.15) is 12.8 Å².